The second-order valence-electron chi connectivity index (χ2n) is 5.96. The summed E-state index contributed by atoms with van der Waals surface area (Å²) in [5.74, 6) is -0.805. The van der Waals surface area contributed by atoms with Crippen molar-refractivity contribution < 1.29 is 24.5 Å². The van der Waals surface area contributed by atoms with E-state index in [0.29, 0.717) is 0 Å². The van der Waals surface area contributed by atoms with Gasteiger partial charge in [0.05, 0.1) is 5.56 Å². The van der Waals surface area contributed by atoms with E-state index in [-0.39, 0.29) is 11.4 Å². The highest BCUT2D eigenvalue weighted by Gasteiger charge is 2.56. The van der Waals surface area contributed by atoms with E-state index < -0.39 is 42.4 Å². The fourth-order valence-corrected chi connectivity index (χ4v) is 2.75. The standard InChI is InChI=1S/C16H16N6O6/c17-10-6-7-22(15(26)19-10)13-11(23)12(24)16(28-13,20-21-18)8-27-14(25)9-4-2-1-3-5-9/h1-7,11-13,23-24H,8H2,(H2,17,19,26)/t11-,12+,13-,16-/m1/s1. The van der Waals surface area contributed by atoms with Crippen LogP contribution in [0.2, 0.25) is 0 Å². The molecule has 28 heavy (non-hydrogen) atoms. The zero-order valence-corrected chi connectivity index (χ0v) is 14.3. The van der Waals surface area contributed by atoms with Gasteiger partial charge in [-0.1, -0.05) is 23.3 Å². The Labute approximate surface area is 157 Å². The normalized spacial score (nSPS) is 26.4. The molecule has 2 heterocycles. The van der Waals surface area contributed by atoms with Crippen molar-refractivity contribution in [2.75, 3.05) is 12.3 Å². The lowest BCUT2D eigenvalue weighted by Crippen LogP contribution is -2.45. The zero-order chi connectivity index (χ0) is 20.3. The smallest absolute Gasteiger partial charge is 0.351 e. The molecule has 1 aliphatic heterocycles. The Hall–Kier alpha value is -3.44. The number of aliphatic hydroxyl groups excluding tert-OH is 2. The number of azide groups is 1. The summed E-state index contributed by atoms with van der Waals surface area (Å²) in [6, 6.07) is 9.26. The summed E-state index contributed by atoms with van der Waals surface area (Å²) in [7, 11) is 0. The van der Waals surface area contributed by atoms with Crippen molar-refractivity contribution in [2.45, 2.75) is 24.2 Å². The van der Waals surface area contributed by atoms with Crippen LogP contribution < -0.4 is 11.4 Å². The highest BCUT2D eigenvalue weighted by Crippen LogP contribution is 2.38. The van der Waals surface area contributed by atoms with Crippen LogP contribution in [0.1, 0.15) is 16.6 Å². The van der Waals surface area contributed by atoms with Crippen molar-refractivity contribution in [1.82, 2.24) is 9.55 Å². The van der Waals surface area contributed by atoms with E-state index in [1.54, 1.807) is 18.2 Å². The van der Waals surface area contributed by atoms with Gasteiger partial charge in [-0.3, -0.25) is 4.57 Å². The lowest BCUT2D eigenvalue weighted by Gasteiger charge is -2.26. The molecule has 0 aliphatic carbocycles. The maximum absolute atomic E-state index is 12.1. The molecule has 1 aliphatic rings. The molecule has 0 radical (unpaired) electrons. The molecule has 0 amide bonds. The van der Waals surface area contributed by atoms with E-state index in [0.717, 1.165) is 4.57 Å². The summed E-state index contributed by atoms with van der Waals surface area (Å²) in [5, 5.41) is 24.1. The second kappa shape index (κ2) is 7.66. The van der Waals surface area contributed by atoms with Crippen LogP contribution in [0, 0.1) is 0 Å². The number of aliphatic hydroxyl groups is 2. The van der Waals surface area contributed by atoms with Crippen molar-refractivity contribution in [3.63, 3.8) is 0 Å². The zero-order valence-electron chi connectivity index (χ0n) is 14.3. The number of carbonyl (C=O) groups excluding carboxylic acids is 1. The minimum atomic E-state index is -2.15. The minimum Gasteiger partial charge on any atom is -0.459 e. The molecule has 0 bridgehead atoms. The number of hydrogen-bond acceptors (Lipinski definition) is 9. The Morgan fingerprint density at radius 1 is 1.39 bits per heavy atom. The molecule has 4 N–H and O–H groups in total. The third-order valence-corrected chi connectivity index (χ3v) is 4.16. The van der Waals surface area contributed by atoms with Crippen LogP contribution in [-0.4, -0.2) is 50.3 Å². The molecule has 12 heteroatoms. The van der Waals surface area contributed by atoms with Gasteiger partial charge in [-0.05, 0) is 23.7 Å². The molecule has 4 atom stereocenters. The van der Waals surface area contributed by atoms with E-state index in [1.807, 2.05) is 0 Å². The van der Waals surface area contributed by atoms with Gasteiger partial charge < -0.3 is 25.4 Å². The van der Waals surface area contributed by atoms with Gasteiger partial charge in [-0.2, -0.15) is 4.98 Å². The van der Waals surface area contributed by atoms with E-state index in [1.165, 1.54) is 24.4 Å². The number of nitrogens with zero attached hydrogens (tertiary/aromatic N) is 5. The van der Waals surface area contributed by atoms with Crippen molar-refractivity contribution in [2.24, 2.45) is 5.11 Å². The van der Waals surface area contributed by atoms with Gasteiger partial charge in [0.2, 0.25) is 5.72 Å². The maximum atomic E-state index is 12.1. The molecule has 1 saturated heterocycles. The van der Waals surface area contributed by atoms with E-state index >= 15 is 0 Å². The predicted molar refractivity (Wildman–Crippen MR) is 93.6 cm³/mol. The average molecular weight is 388 g/mol. The van der Waals surface area contributed by atoms with E-state index in [9.17, 15) is 19.8 Å². The molecule has 1 aromatic heterocycles. The highest BCUT2D eigenvalue weighted by molar-refractivity contribution is 5.89. The number of anilines is 1. The first-order valence-corrected chi connectivity index (χ1v) is 8.05. The molecular weight excluding hydrogens is 372 g/mol. The lowest BCUT2D eigenvalue weighted by molar-refractivity contribution is -0.127. The molecule has 3 rings (SSSR count). The minimum absolute atomic E-state index is 0.0487. The van der Waals surface area contributed by atoms with Gasteiger partial charge >= 0.3 is 11.7 Å². The van der Waals surface area contributed by atoms with Crippen LogP contribution in [0.15, 0.2) is 52.5 Å². The number of ether oxygens (including phenoxy) is 2. The van der Waals surface area contributed by atoms with Crippen molar-refractivity contribution in [1.29, 1.82) is 0 Å². The molecule has 1 aromatic carbocycles. The quantitative estimate of drug-likeness (QED) is 0.275. The molecule has 12 nitrogen and oxygen atoms in total. The Balaban J connectivity index is 1.86. The van der Waals surface area contributed by atoms with Crippen LogP contribution in [0.25, 0.3) is 10.4 Å². The first-order valence-electron chi connectivity index (χ1n) is 8.05. The molecule has 0 saturated carbocycles. The summed E-state index contributed by atoms with van der Waals surface area (Å²) in [6.45, 7) is -0.698. The second-order valence-corrected chi connectivity index (χ2v) is 5.96. The van der Waals surface area contributed by atoms with Gasteiger partial charge in [0.25, 0.3) is 0 Å². The third kappa shape index (κ3) is 3.52. The summed E-state index contributed by atoms with van der Waals surface area (Å²) in [6.07, 6.45) is -3.71. The number of carbonyl (C=O) groups is 1. The molecule has 2 aromatic rings. The Kier molecular flexibility index (Phi) is 5.29. The average Bonchev–Trinajstić information content (AvgIpc) is 2.93. The van der Waals surface area contributed by atoms with Gasteiger partial charge in [0.15, 0.2) is 6.23 Å². The molecule has 0 spiro atoms. The number of benzene rings is 1. The Morgan fingerprint density at radius 3 is 2.75 bits per heavy atom. The van der Waals surface area contributed by atoms with Crippen molar-refractivity contribution >= 4 is 11.8 Å². The predicted octanol–water partition coefficient (Wildman–Crippen LogP) is -0.0603. The third-order valence-electron chi connectivity index (χ3n) is 4.16. The van der Waals surface area contributed by atoms with Crippen LogP contribution >= 0.6 is 0 Å². The molecule has 1 fully saturated rings. The van der Waals surface area contributed by atoms with Crippen molar-refractivity contribution in [3.05, 3.63) is 69.1 Å². The molecule has 0 unspecified atom stereocenters. The number of aromatic nitrogens is 2. The monoisotopic (exact) mass is 388 g/mol. The highest BCUT2D eigenvalue weighted by atomic mass is 16.6. The number of nitrogens with two attached hydrogens (primary N) is 1. The largest absolute Gasteiger partial charge is 0.459 e. The first kappa shape index (κ1) is 19.3. The maximum Gasteiger partial charge on any atom is 0.351 e. The Morgan fingerprint density at radius 2 is 2.11 bits per heavy atom. The summed E-state index contributed by atoms with van der Waals surface area (Å²) in [5.41, 5.74) is 11.5. The summed E-state index contributed by atoms with van der Waals surface area (Å²) < 4.78 is 11.5. The SMILES string of the molecule is [N-]=[N+]=N[C@]1(COC(=O)c2ccccc2)O[C@@H](n2ccc(N)nc2=O)[C@H](O)[C@@H]1O. The fourth-order valence-electron chi connectivity index (χ4n) is 2.75. The topological polar surface area (TPSA) is 186 Å². The van der Waals surface area contributed by atoms with Gasteiger partial charge in [-0.15, -0.1) is 0 Å². The van der Waals surface area contributed by atoms with Gasteiger partial charge in [0.1, 0.15) is 24.6 Å². The molecular formula is C16H16N6O6. The van der Waals surface area contributed by atoms with Crippen LogP contribution in [-0.2, 0) is 9.47 Å². The lowest BCUT2D eigenvalue weighted by atomic mass is 10.1. The van der Waals surface area contributed by atoms with Crippen LogP contribution in [0.3, 0.4) is 0 Å². The van der Waals surface area contributed by atoms with Crippen molar-refractivity contribution in [3.8, 4) is 0 Å². The first-order chi connectivity index (χ1) is 13.4. The number of esters is 1. The van der Waals surface area contributed by atoms with Gasteiger partial charge in [0, 0.05) is 11.1 Å². The molecule has 146 valence electrons. The fraction of sp³-hybridized carbons (Fsp3) is 0.312. The number of rotatable bonds is 5. The van der Waals surface area contributed by atoms with Crippen LogP contribution in [0.4, 0.5) is 5.82 Å². The van der Waals surface area contributed by atoms with Gasteiger partial charge in [-0.25, -0.2) is 9.59 Å². The number of hydrogen-bond donors (Lipinski definition) is 3. The van der Waals surface area contributed by atoms with Crippen LogP contribution in [0.5, 0.6) is 0 Å². The van der Waals surface area contributed by atoms with E-state index in [4.69, 9.17) is 20.7 Å². The summed E-state index contributed by atoms with van der Waals surface area (Å²) in [4.78, 5) is 30.3. The van der Waals surface area contributed by atoms with E-state index in [2.05, 4.69) is 15.0 Å². The number of nitrogen functional groups attached to an aromatic ring is 1. The summed E-state index contributed by atoms with van der Waals surface area (Å²) >= 11 is 0. The Bertz CT molecular complexity index is 975.